The van der Waals surface area contributed by atoms with E-state index in [1.165, 1.54) is 0 Å². The maximum absolute atomic E-state index is 12.6. The van der Waals surface area contributed by atoms with Crippen LogP contribution in [-0.4, -0.2) is 46.5 Å². The van der Waals surface area contributed by atoms with Crippen LogP contribution in [0.25, 0.3) is 11.0 Å². The lowest BCUT2D eigenvalue weighted by molar-refractivity contribution is -0.132. The van der Waals surface area contributed by atoms with E-state index < -0.39 is 0 Å². The van der Waals surface area contributed by atoms with E-state index in [0.717, 1.165) is 62.3 Å². The van der Waals surface area contributed by atoms with Gasteiger partial charge in [-0.15, -0.1) is 0 Å². The molecule has 0 aliphatic carbocycles. The highest BCUT2D eigenvalue weighted by Gasteiger charge is 2.19. The van der Waals surface area contributed by atoms with Crippen molar-refractivity contribution in [1.82, 2.24) is 19.8 Å². The van der Waals surface area contributed by atoms with Gasteiger partial charge in [-0.2, -0.15) is 0 Å². The summed E-state index contributed by atoms with van der Waals surface area (Å²) in [6.07, 6.45) is 3.17. The van der Waals surface area contributed by atoms with E-state index >= 15 is 0 Å². The van der Waals surface area contributed by atoms with Crippen LogP contribution in [0, 0.1) is 0 Å². The quantitative estimate of drug-likeness (QED) is 0.916. The highest BCUT2D eigenvalue weighted by atomic mass is 16.2. The molecule has 1 N–H and O–H groups in total. The smallest absolute Gasteiger partial charge is 0.242 e. The van der Waals surface area contributed by atoms with Gasteiger partial charge in [-0.3, -0.25) is 4.79 Å². The molecule has 0 saturated carbocycles. The largest absolute Gasteiger partial charge is 0.339 e. The number of carbonyl (C=O) groups excluding carboxylic acids is 1. The fourth-order valence-corrected chi connectivity index (χ4v) is 2.98. The topological polar surface area (TPSA) is 50.2 Å². The van der Waals surface area contributed by atoms with E-state index in [2.05, 4.69) is 22.9 Å². The van der Waals surface area contributed by atoms with Crippen LogP contribution < -0.4 is 5.32 Å². The Morgan fingerprint density at radius 3 is 2.82 bits per heavy atom. The van der Waals surface area contributed by atoms with Gasteiger partial charge >= 0.3 is 0 Å². The molecule has 2 aromatic rings. The molecule has 0 atom stereocenters. The molecule has 0 radical (unpaired) electrons. The summed E-state index contributed by atoms with van der Waals surface area (Å²) in [5, 5.41) is 3.28. The summed E-state index contributed by atoms with van der Waals surface area (Å²) in [7, 11) is 0. The third kappa shape index (κ3) is 3.14. The zero-order chi connectivity index (χ0) is 15.4. The molecule has 2 heterocycles. The molecule has 1 amide bonds. The highest BCUT2D eigenvalue weighted by molar-refractivity contribution is 5.81. The Kier molecular flexibility index (Phi) is 4.73. The lowest BCUT2D eigenvalue weighted by Crippen LogP contribution is -2.47. The minimum absolute atomic E-state index is 0.197. The number of rotatable bonds is 5. The molecule has 1 aromatic heterocycles. The van der Waals surface area contributed by atoms with E-state index in [1.54, 1.807) is 0 Å². The van der Waals surface area contributed by atoms with Crippen molar-refractivity contribution < 1.29 is 4.79 Å². The van der Waals surface area contributed by atoms with Gasteiger partial charge in [-0.25, -0.2) is 4.98 Å². The minimum atomic E-state index is 0.197. The molecular weight excluding hydrogens is 276 g/mol. The van der Waals surface area contributed by atoms with Crippen molar-refractivity contribution in [3.63, 3.8) is 0 Å². The first-order valence-corrected chi connectivity index (χ1v) is 8.22. The lowest BCUT2D eigenvalue weighted by Gasteiger charge is -2.27. The number of carbonyl (C=O) groups is 1. The lowest BCUT2D eigenvalue weighted by atomic mass is 10.2. The Labute approximate surface area is 131 Å². The van der Waals surface area contributed by atoms with Crippen molar-refractivity contribution in [1.29, 1.82) is 0 Å². The van der Waals surface area contributed by atoms with Crippen LogP contribution in [0.15, 0.2) is 24.3 Å². The van der Waals surface area contributed by atoms with Crippen LogP contribution in [0.4, 0.5) is 0 Å². The van der Waals surface area contributed by atoms with Crippen molar-refractivity contribution in [3.8, 4) is 0 Å². The first kappa shape index (κ1) is 15.0. The summed E-state index contributed by atoms with van der Waals surface area (Å²) in [4.78, 5) is 19.3. The third-order valence-corrected chi connectivity index (χ3v) is 4.25. The fourth-order valence-electron chi connectivity index (χ4n) is 2.98. The van der Waals surface area contributed by atoms with Gasteiger partial charge in [0.05, 0.1) is 11.0 Å². The Bertz CT molecular complexity index is 643. The molecule has 1 aromatic carbocycles. The van der Waals surface area contributed by atoms with Crippen LogP contribution in [0.1, 0.15) is 25.6 Å². The van der Waals surface area contributed by atoms with Crippen molar-refractivity contribution in [2.75, 3.05) is 26.2 Å². The average Bonchev–Trinajstić information content (AvgIpc) is 2.91. The number of nitrogens with one attached hydrogen (secondary N) is 1. The van der Waals surface area contributed by atoms with Gasteiger partial charge in [-0.05, 0) is 18.6 Å². The minimum Gasteiger partial charge on any atom is -0.339 e. The fraction of sp³-hybridized carbons (Fsp3) is 0.529. The van der Waals surface area contributed by atoms with E-state index in [-0.39, 0.29) is 5.91 Å². The molecule has 0 bridgehead atoms. The highest BCUT2D eigenvalue weighted by Crippen LogP contribution is 2.18. The number of nitrogens with zero attached hydrogens (tertiary/aromatic N) is 3. The Morgan fingerprint density at radius 2 is 2.05 bits per heavy atom. The zero-order valence-corrected chi connectivity index (χ0v) is 13.2. The summed E-state index contributed by atoms with van der Waals surface area (Å²) in [6.45, 7) is 5.96. The van der Waals surface area contributed by atoms with Crippen LogP contribution in [0.5, 0.6) is 0 Å². The number of para-hydroxylation sites is 2. The van der Waals surface area contributed by atoms with Gasteiger partial charge in [0.1, 0.15) is 12.4 Å². The van der Waals surface area contributed by atoms with E-state index in [1.807, 2.05) is 23.1 Å². The summed E-state index contributed by atoms with van der Waals surface area (Å²) < 4.78 is 2.11. The number of hydrogen-bond donors (Lipinski definition) is 1. The molecule has 3 rings (SSSR count). The number of aryl methyl sites for hydroxylation is 1. The number of hydrogen-bond acceptors (Lipinski definition) is 3. The first-order valence-electron chi connectivity index (χ1n) is 8.22. The molecular formula is C17H24N4O. The SMILES string of the molecule is CCCCc1nc2ccccc2n1CC(=O)N1CCNCC1. The summed E-state index contributed by atoms with van der Waals surface area (Å²) in [5.74, 6) is 1.23. The van der Waals surface area contributed by atoms with Gasteiger partial charge < -0.3 is 14.8 Å². The molecule has 1 aliphatic rings. The molecule has 0 unspecified atom stereocenters. The monoisotopic (exact) mass is 300 g/mol. The number of aromatic nitrogens is 2. The maximum Gasteiger partial charge on any atom is 0.242 e. The Balaban J connectivity index is 1.85. The number of fused-ring (bicyclic) bond motifs is 1. The number of imidazole rings is 1. The molecule has 22 heavy (non-hydrogen) atoms. The Morgan fingerprint density at radius 1 is 1.27 bits per heavy atom. The normalized spacial score (nSPS) is 15.4. The van der Waals surface area contributed by atoms with Crippen molar-refractivity contribution in [2.24, 2.45) is 0 Å². The predicted octanol–water partition coefficient (Wildman–Crippen LogP) is 1.81. The van der Waals surface area contributed by atoms with Crippen LogP contribution in [-0.2, 0) is 17.8 Å². The molecule has 5 nitrogen and oxygen atoms in total. The molecule has 1 fully saturated rings. The van der Waals surface area contributed by atoms with E-state index in [0.29, 0.717) is 6.54 Å². The number of benzene rings is 1. The van der Waals surface area contributed by atoms with Crippen LogP contribution in [0.3, 0.4) is 0 Å². The molecule has 1 aliphatic heterocycles. The molecule has 1 saturated heterocycles. The standard InChI is InChI=1S/C17H24N4O/c1-2-3-8-16-19-14-6-4-5-7-15(14)21(16)13-17(22)20-11-9-18-10-12-20/h4-7,18H,2-3,8-13H2,1H3. The van der Waals surface area contributed by atoms with Gasteiger partial charge in [0.2, 0.25) is 5.91 Å². The van der Waals surface area contributed by atoms with Crippen molar-refractivity contribution >= 4 is 16.9 Å². The van der Waals surface area contributed by atoms with Gasteiger partial charge in [0.15, 0.2) is 0 Å². The molecule has 0 spiro atoms. The van der Waals surface area contributed by atoms with Crippen LogP contribution >= 0.6 is 0 Å². The van der Waals surface area contributed by atoms with E-state index in [9.17, 15) is 4.79 Å². The maximum atomic E-state index is 12.6. The van der Waals surface area contributed by atoms with Gasteiger partial charge in [0.25, 0.3) is 0 Å². The van der Waals surface area contributed by atoms with Gasteiger partial charge in [-0.1, -0.05) is 25.5 Å². The van der Waals surface area contributed by atoms with Crippen LogP contribution in [0.2, 0.25) is 0 Å². The van der Waals surface area contributed by atoms with Crippen molar-refractivity contribution in [2.45, 2.75) is 32.7 Å². The van der Waals surface area contributed by atoms with Crippen molar-refractivity contribution in [3.05, 3.63) is 30.1 Å². The predicted molar refractivity (Wildman–Crippen MR) is 87.8 cm³/mol. The summed E-state index contributed by atoms with van der Waals surface area (Å²) in [5.41, 5.74) is 2.05. The molecule has 118 valence electrons. The second-order valence-electron chi connectivity index (χ2n) is 5.84. The summed E-state index contributed by atoms with van der Waals surface area (Å²) in [6, 6.07) is 8.10. The summed E-state index contributed by atoms with van der Waals surface area (Å²) >= 11 is 0. The Hall–Kier alpha value is -1.88. The zero-order valence-electron chi connectivity index (χ0n) is 13.2. The number of piperazine rings is 1. The van der Waals surface area contributed by atoms with Gasteiger partial charge in [0, 0.05) is 32.6 Å². The second-order valence-corrected chi connectivity index (χ2v) is 5.84. The average molecular weight is 300 g/mol. The second kappa shape index (κ2) is 6.92. The first-order chi connectivity index (χ1) is 10.8. The number of amides is 1. The third-order valence-electron chi connectivity index (χ3n) is 4.25. The van der Waals surface area contributed by atoms with E-state index in [4.69, 9.17) is 4.98 Å². The number of unbranched alkanes of at least 4 members (excludes halogenated alkanes) is 1. The molecule has 5 heteroatoms.